The van der Waals surface area contributed by atoms with Gasteiger partial charge in [-0.15, -0.1) is 0 Å². The van der Waals surface area contributed by atoms with Crippen LogP contribution in [0.4, 0.5) is 5.82 Å². The minimum absolute atomic E-state index is 0.195. The maximum atomic E-state index is 11.8. The fourth-order valence-electron chi connectivity index (χ4n) is 2.01. The Morgan fingerprint density at radius 2 is 1.81 bits per heavy atom. The molecule has 21 heavy (non-hydrogen) atoms. The Morgan fingerprint density at radius 3 is 2.38 bits per heavy atom. The van der Waals surface area contributed by atoms with Crippen molar-refractivity contribution < 1.29 is 8.42 Å². The van der Waals surface area contributed by atoms with Crippen LogP contribution >= 0.6 is 23.2 Å². The normalized spacial score (nSPS) is 11.4. The lowest BCUT2D eigenvalue weighted by Crippen LogP contribution is -2.20. The summed E-state index contributed by atoms with van der Waals surface area (Å²) in [5.41, 5.74) is 0.875. The van der Waals surface area contributed by atoms with Gasteiger partial charge in [0.05, 0.1) is 0 Å². The molecule has 7 heteroatoms. The first-order chi connectivity index (χ1) is 9.77. The fraction of sp³-hybridized carbons (Fsp3) is 0.214. The average Bonchev–Trinajstić information content (AvgIpc) is 2.36. The van der Waals surface area contributed by atoms with E-state index in [1.54, 1.807) is 48.5 Å². The Morgan fingerprint density at radius 1 is 1.19 bits per heavy atom. The summed E-state index contributed by atoms with van der Waals surface area (Å²) in [6.45, 7) is 0.444. The van der Waals surface area contributed by atoms with Crippen LogP contribution < -0.4 is 4.90 Å². The summed E-state index contributed by atoms with van der Waals surface area (Å²) in [5.74, 6) is 0.399. The number of hydrogen-bond acceptors (Lipinski definition) is 4. The second-order valence-corrected chi connectivity index (χ2v) is 7.59. The first-order valence-electron chi connectivity index (χ1n) is 6.08. The minimum atomic E-state index is -3.34. The molecular formula is C14H14Cl2N2O2S. The molecular weight excluding hydrogens is 331 g/mol. The van der Waals surface area contributed by atoms with Crippen LogP contribution in [-0.4, -0.2) is 26.7 Å². The number of hydrogen-bond donors (Lipinski definition) is 0. The molecule has 0 aliphatic heterocycles. The largest absolute Gasteiger partial charge is 0.354 e. The van der Waals surface area contributed by atoms with Gasteiger partial charge in [0.1, 0.15) is 10.7 Å². The fourth-order valence-corrected chi connectivity index (χ4v) is 3.45. The topological polar surface area (TPSA) is 50.3 Å². The highest BCUT2D eigenvalue weighted by Crippen LogP contribution is 2.25. The number of sulfone groups is 1. The van der Waals surface area contributed by atoms with Gasteiger partial charge in [0, 0.05) is 36.1 Å². The van der Waals surface area contributed by atoms with Crippen molar-refractivity contribution >= 4 is 38.9 Å². The Kier molecular flexibility index (Phi) is 4.76. The zero-order valence-corrected chi connectivity index (χ0v) is 13.9. The lowest BCUT2D eigenvalue weighted by molar-refractivity contribution is 0.601. The molecule has 0 atom stereocenters. The van der Waals surface area contributed by atoms with Crippen LogP contribution in [0.1, 0.15) is 5.56 Å². The highest BCUT2D eigenvalue weighted by Gasteiger charge is 2.17. The van der Waals surface area contributed by atoms with Crippen molar-refractivity contribution in [2.45, 2.75) is 11.4 Å². The van der Waals surface area contributed by atoms with E-state index in [9.17, 15) is 8.42 Å². The number of anilines is 1. The van der Waals surface area contributed by atoms with E-state index in [-0.39, 0.29) is 4.90 Å². The van der Waals surface area contributed by atoms with E-state index in [0.717, 1.165) is 11.8 Å². The van der Waals surface area contributed by atoms with Gasteiger partial charge in [0.2, 0.25) is 0 Å². The summed E-state index contributed by atoms with van der Waals surface area (Å²) in [4.78, 5) is 6.11. The maximum absolute atomic E-state index is 11.8. The molecule has 0 unspecified atom stereocenters. The molecule has 0 bridgehead atoms. The van der Waals surface area contributed by atoms with Gasteiger partial charge in [-0.05, 0) is 35.9 Å². The zero-order chi connectivity index (χ0) is 15.6. The van der Waals surface area contributed by atoms with E-state index >= 15 is 0 Å². The highest BCUT2D eigenvalue weighted by atomic mass is 35.5. The molecule has 0 N–H and O–H groups in total. The van der Waals surface area contributed by atoms with Gasteiger partial charge in [-0.2, -0.15) is 0 Å². The number of aromatic nitrogens is 1. The maximum Gasteiger partial charge on any atom is 0.179 e. The van der Waals surface area contributed by atoms with Crippen molar-refractivity contribution in [3.05, 3.63) is 52.1 Å². The molecule has 0 amide bonds. The molecule has 1 heterocycles. The second kappa shape index (κ2) is 6.22. The molecule has 2 rings (SSSR count). The van der Waals surface area contributed by atoms with Crippen molar-refractivity contribution in [2.75, 3.05) is 18.2 Å². The highest BCUT2D eigenvalue weighted by molar-refractivity contribution is 7.90. The average molecular weight is 345 g/mol. The van der Waals surface area contributed by atoms with Gasteiger partial charge in [-0.25, -0.2) is 13.4 Å². The van der Waals surface area contributed by atoms with E-state index in [4.69, 9.17) is 23.2 Å². The summed E-state index contributed by atoms with van der Waals surface area (Å²) in [6.07, 6.45) is 2.73. The Balaban J connectivity index is 2.35. The van der Waals surface area contributed by atoms with Crippen LogP contribution in [-0.2, 0) is 16.4 Å². The molecule has 2 aromatic rings. The van der Waals surface area contributed by atoms with Crippen LogP contribution in [0, 0.1) is 0 Å². The van der Waals surface area contributed by atoms with Crippen molar-refractivity contribution in [1.82, 2.24) is 4.98 Å². The van der Waals surface area contributed by atoms with Crippen molar-refractivity contribution in [1.29, 1.82) is 0 Å². The summed E-state index contributed by atoms with van der Waals surface area (Å²) >= 11 is 11.9. The van der Waals surface area contributed by atoms with E-state index in [0.29, 0.717) is 22.4 Å². The van der Waals surface area contributed by atoms with Gasteiger partial charge in [0.25, 0.3) is 0 Å². The molecule has 4 nitrogen and oxygen atoms in total. The van der Waals surface area contributed by atoms with Crippen LogP contribution in [0.25, 0.3) is 0 Å². The van der Waals surface area contributed by atoms with E-state index < -0.39 is 9.84 Å². The predicted molar refractivity (Wildman–Crippen MR) is 85.9 cm³/mol. The molecule has 0 aliphatic carbocycles. The molecule has 0 saturated heterocycles. The third kappa shape index (κ3) is 4.09. The minimum Gasteiger partial charge on any atom is -0.354 e. The molecule has 0 spiro atoms. The molecule has 1 aromatic heterocycles. The molecule has 112 valence electrons. The predicted octanol–water partition coefficient (Wildman–Crippen LogP) is 3.43. The number of nitrogens with zero attached hydrogens (tertiary/aromatic N) is 2. The third-order valence-electron chi connectivity index (χ3n) is 2.85. The van der Waals surface area contributed by atoms with E-state index in [2.05, 4.69) is 4.98 Å². The summed E-state index contributed by atoms with van der Waals surface area (Å²) in [5, 5.41) is 1.07. The van der Waals surface area contributed by atoms with Crippen LogP contribution in [0.15, 0.2) is 41.4 Å². The number of pyridine rings is 1. The third-order valence-corrected chi connectivity index (χ3v) is 4.41. The number of rotatable bonds is 4. The lowest BCUT2D eigenvalue weighted by Gasteiger charge is -2.20. The van der Waals surface area contributed by atoms with Gasteiger partial charge in [0.15, 0.2) is 9.84 Å². The van der Waals surface area contributed by atoms with Crippen molar-refractivity contribution in [3.8, 4) is 0 Å². The van der Waals surface area contributed by atoms with Gasteiger partial charge < -0.3 is 4.90 Å². The van der Waals surface area contributed by atoms with Crippen LogP contribution in [0.3, 0.4) is 0 Å². The van der Waals surface area contributed by atoms with Gasteiger partial charge in [-0.1, -0.05) is 23.2 Å². The number of benzene rings is 1. The first-order valence-corrected chi connectivity index (χ1v) is 8.73. The standard InChI is InChI=1S/C14H14Cl2N2O2S/c1-18(9-10-6-11(15)8-12(16)7-10)14-13(21(2,19)20)4-3-5-17-14/h3-8H,9H2,1-2H3. The van der Waals surface area contributed by atoms with Crippen molar-refractivity contribution in [3.63, 3.8) is 0 Å². The molecule has 0 fully saturated rings. The zero-order valence-electron chi connectivity index (χ0n) is 11.5. The monoisotopic (exact) mass is 344 g/mol. The molecule has 0 saturated carbocycles. The smallest absolute Gasteiger partial charge is 0.179 e. The lowest BCUT2D eigenvalue weighted by atomic mass is 10.2. The quantitative estimate of drug-likeness (QED) is 0.852. The summed E-state index contributed by atoms with van der Waals surface area (Å²) in [7, 11) is -1.57. The number of halogens is 2. The van der Waals surface area contributed by atoms with E-state index in [1.807, 2.05) is 0 Å². The summed E-state index contributed by atoms with van der Waals surface area (Å²) < 4.78 is 23.6. The van der Waals surface area contributed by atoms with Crippen LogP contribution in [0.5, 0.6) is 0 Å². The van der Waals surface area contributed by atoms with Crippen molar-refractivity contribution in [2.24, 2.45) is 0 Å². The van der Waals surface area contributed by atoms with Crippen LogP contribution in [0.2, 0.25) is 10.0 Å². The SMILES string of the molecule is CN(Cc1cc(Cl)cc(Cl)c1)c1ncccc1S(C)(=O)=O. The molecule has 1 aromatic carbocycles. The molecule has 0 radical (unpaired) electrons. The van der Waals surface area contributed by atoms with E-state index in [1.165, 1.54) is 0 Å². The second-order valence-electron chi connectivity index (χ2n) is 4.73. The molecule has 0 aliphatic rings. The Hall–Kier alpha value is -1.30. The summed E-state index contributed by atoms with van der Waals surface area (Å²) in [6, 6.07) is 8.36. The Labute approximate surface area is 134 Å². The van der Waals surface area contributed by atoms with Gasteiger partial charge >= 0.3 is 0 Å². The van der Waals surface area contributed by atoms with Gasteiger partial charge in [-0.3, -0.25) is 0 Å². The Bertz CT molecular complexity index is 743. The first kappa shape index (κ1) is 16.1.